The molecule has 0 saturated carbocycles. The summed E-state index contributed by atoms with van der Waals surface area (Å²) < 4.78 is 25.9. The highest BCUT2D eigenvalue weighted by atomic mass is 31.2. The molecule has 0 aromatic carbocycles. The number of hydrogen-bond donors (Lipinski definition) is 0. The van der Waals surface area contributed by atoms with Crippen LogP contribution in [0.4, 0.5) is 0 Å². The van der Waals surface area contributed by atoms with Crippen LogP contribution in [0.2, 0.25) is 0 Å². The van der Waals surface area contributed by atoms with Gasteiger partial charge in [0, 0.05) is 20.6 Å². The molecule has 0 aliphatic carbocycles. The van der Waals surface area contributed by atoms with E-state index in [9.17, 15) is 4.57 Å². The van der Waals surface area contributed by atoms with E-state index in [0.717, 1.165) is 12.8 Å². The van der Waals surface area contributed by atoms with Crippen LogP contribution in [0, 0.1) is 0 Å². The fraction of sp³-hybridized carbons (Fsp3) is 1.00. The van der Waals surface area contributed by atoms with Crippen LogP contribution in [0.15, 0.2) is 0 Å². The van der Waals surface area contributed by atoms with Crippen molar-refractivity contribution in [3.63, 3.8) is 0 Å². The lowest BCUT2D eigenvalue weighted by Gasteiger charge is -2.27. The molecule has 236 valence electrons. The van der Waals surface area contributed by atoms with Gasteiger partial charge in [0.25, 0.3) is 0 Å². The molecule has 5 heteroatoms. The maximum atomic E-state index is 13.7. The summed E-state index contributed by atoms with van der Waals surface area (Å²) in [5.74, 6) is 0.633. The molecule has 0 aromatic rings. The third-order valence-electron chi connectivity index (χ3n) is 8.51. The van der Waals surface area contributed by atoms with Gasteiger partial charge in [-0.2, -0.15) is 0 Å². The molecule has 0 unspecified atom stereocenters. The van der Waals surface area contributed by atoms with Crippen molar-refractivity contribution in [2.24, 2.45) is 0 Å². The van der Waals surface area contributed by atoms with E-state index in [0.29, 0.717) is 24.8 Å². The minimum atomic E-state index is -3.01. The summed E-state index contributed by atoms with van der Waals surface area (Å²) >= 11 is 0. The van der Waals surface area contributed by atoms with E-state index >= 15 is 0 Å². The molecule has 0 fully saturated rings. The summed E-state index contributed by atoms with van der Waals surface area (Å²) in [6.45, 7) is 14.9. The molecular formula is C34H73O3P2+. The van der Waals surface area contributed by atoms with Crippen LogP contribution in [0.5, 0.6) is 0 Å². The molecule has 3 nitrogen and oxygen atoms in total. The van der Waals surface area contributed by atoms with E-state index in [1.807, 2.05) is 0 Å². The topological polar surface area (TPSA) is 35.5 Å². The second-order valence-corrected chi connectivity index (χ2v) is 20.5. The SMILES string of the molecule is CCCCCCCCCCCCCCOP(=O)(C[P+](C)(C)C(C)C)OCCCCCCCCCCCCCC. The lowest BCUT2D eigenvalue weighted by atomic mass is 10.1. The van der Waals surface area contributed by atoms with E-state index in [2.05, 4.69) is 41.0 Å². The molecule has 0 radical (unpaired) electrons. The van der Waals surface area contributed by atoms with E-state index in [1.165, 1.54) is 141 Å². The zero-order valence-corrected chi connectivity index (χ0v) is 29.6. The van der Waals surface area contributed by atoms with Gasteiger partial charge in [-0.3, -0.25) is 4.57 Å². The molecule has 0 amide bonds. The second-order valence-electron chi connectivity index (χ2n) is 13.1. The molecular weight excluding hydrogens is 518 g/mol. The van der Waals surface area contributed by atoms with Gasteiger partial charge in [-0.15, -0.1) is 0 Å². The zero-order chi connectivity index (χ0) is 29.1. The van der Waals surface area contributed by atoms with Gasteiger partial charge in [0.1, 0.15) is 0 Å². The van der Waals surface area contributed by atoms with Gasteiger partial charge in [-0.05, 0) is 26.7 Å². The Morgan fingerprint density at radius 3 is 1.00 bits per heavy atom. The Hall–Kier alpha value is 0.580. The molecule has 0 atom stereocenters. The van der Waals surface area contributed by atoms with Crippen LogP contribution in [0.1, 0.15) is 182 Å². The standard InChI is InChI=1S/C34H73O3P2/c1-7-9-11-13-15-17-19-21-23-25-27-29-31-36-39(35,33-38(5,6)34(3)4)37-32-30-28-26-24-22-20-18-16-14-12-10-8-2/h34H,7-33H2,1-6H3/q+1. The van der Waals surface area contributed by atoms with Crippen molar-refractivity contribution in [2.45, 2.75) is 187 Å². The van der Waals surface area contributed by atoms with E-state index in [-0.39, 0.29) is 0 Å². The molecule has 0 heterocycles. The first kappa shape index (κ1) is 39.6. The summed E-state index contributed by atoms with van der Waals surface area (Å²) in [5.41, 5.74) is 0.552. The molecule has 0 rings (SSSR count). The number of hydrogen-bond acceptors (Lipinski definition) is 3. The van der Waals surface area contributed by atoms with E-state index in [4.69, 9.17) is 9.05 Å². The average Bonchev–Trinajstić information content (AvgIpc) is 2.89. The van der Waals surface area contributed by atoms with Gasteiger partial charge in [-0.1, -0.05) is 155 Å². The molecule has 0 spiro atoms. The van der Waals surface area contributed by atoms with Crippen LogP contribution < -0.4 is 0 Å². The van der Waals surface area contributed by atoms with Crippen molar-refractivity contribution < 1.29 is 13.6 Å². The van der Waals surface area contributed by atoms with E-state index < -0.39 is 14.9 Å². The zero-order valence-electron chi connectivity index (χ0n) is 27.8. The highest BCUT2D eigenvalue weighted by Gasteiger charge is 2.41. The van der Waals surface area contributed by atoms with Crippen molar-refractivity contribution in [3.8, 4) is 0 Å². The Kier molecular flexibility index (Phi) is 27.8. The summed E-state index contributed by atoms with van der Waals surface area (Å²) in [6.07, 6.45) is 31.8. The number of rotatable bonds is 31. The van der Waals surface area contributed by atoms with Gasteiger partial charge in [0.15, 0.2) is 5.90 Å². The normalized spacial score (nSPS) is 12.6. The fourth-order valence-electron chi connectivity index (χ4n) is 5.02. The predicted octanol–water partition coefficient (Wildman–Crippen LogP) is 13.3. The molecule has 0 aliphatic heterocycles. The van der Waals surface area contributed by atoms with Crippen LogP contribution in [-0.2, 0) is 13.6 Å². The molecule has 0 aliphatic rings. The van der Waals surface area contributed by atoms with Crippen molar-refractivity contribution in [1.29, 1.82) is 0 Å². The largest absolute Gasteiger partial charge is 0.367 e. The molecule has 0 saturated heterocycles. The lowest BCUT2D eigenvalue weighted by molar-refractivity contribution is 0.200. The van der Waals surface area contributed by atoms with Gasteiger partial charge < -0.3 is 9.05 Å². The maximum absolute atomic E-state index is 13.7. The Morgan fingerprint density at radius 2 is 0.744 bits per heavy atom. The Balaban J connectivity index is 4.03. The van der Waals surface area contributed by atoms with Crippen LogP contribution in [0.25, 0.3) is 0 Å². The first-order valence-electron chi connectivity index (χ1n) is 17.5. The second kappa shape index (κ2) is 27.4. The van der Waals surface area contributed by atoms with Crippen LogP contribution in [0.3, 0.4) is 0 Å². The quantitative estimate of drug-likeness (QED) is 0.0594. The van der Waals surface area contributed by atoms with Gasteiger partial charge in [0.05, 0.1) is 18.9 Å². The summed E-state index contributed by atoms with van der Waals surface area (Å²) in [6, 6.07) is 0. The smallest absolute Gasteiger partial charge is 0.306 e. The summed E-state index contributed by atoms with van der Waals surface area (Å²) in [5, 5.41) is 0. The van der Waals surface area contributed by atoms with Crippen LogP contribution >= 0.6 is 14.9 Å². The maximum Gasteiger partial charge on any atom is 0.367 e. The average molecular weight is 592 g/mol. The fourth-order valence-corrected chi connectivity index (χ4v) is 11.4. The monoisotopic (exact) mass is 592 g/mol. The lowest BCUT2D eigenvalue weighted by Crippen LogP contribution is -2.11. The summed E-state index contributed by atoms with van der Waals surface area (Å²) in [4.78, 5) is 0. The van der Waals surface area contributed by atoms with Gasteiger partial charge in [0.2, 0.25) is 0 Å². The minimum Gasteiger partial charge on any atom is -0.306 e. The molecule has 0 aromatic heterocycles. The third-order valence-corrected chi connectivity index (χ3v) is 16.8. The Bertz CT molecular complexity index is 517. The van der Waals surface area contributed by atoms with Gasteiger partial charge >= 0.3 is 7.60 Å². The molecule has 0 N–H and O–H groups in total. The Morgan fingerprint density at radius 1 is 0.487 bits per heavy atom. The highest BCUT2D eigenvalue weighted by molar-refractivity contribution is 7.84. The van der Waals surface area contributed by atoms with Crippen molar-refractivity contribution in [1.82, 2.24) is 0 Å². The van der Waals surface area contributed by atoms with Crippen molar-refractivity contribution >= 4 is 14.9 Å². The molecule has 0 bridgehead atoms. The van der Waals surface area contributed by atoms with Crippen molar-refractivity contribution in [2.75, 3.05) is 32.4 Å². The predicted molar refractivity (Wildman–Crippen MR) is 180 cm³/mol. The first-order chi connectivity index (χ1) is 18.8. The van der Waals surface area contributed by atoms with Crippen LogP contribution in [-0.4, -0.2) is 38.1 Å². The third kappa shape index (κ3) is 26.0. The highest BCUT2D eigenvalue weighted by Crippen LogP contribution is 2.68. The number of unbranched alkanes of at least 4 members (excludes halogenated alkanes) is 22. The summed E-state index contributed by atoms with van der Waals surface area (Å²) in [7, 11) is -4.33. The van der Waals surface area contributed by atoms with Crippen molar-refractivity contribution in [3.05, 3.63) is 0 Å². The van der Waals surface area contributed by atoms with Gasteiger partial charge in [-0.25, -0.2) is 0 Å². The van der Waals surface area contributed by atoms with E-state index in [1.54, 1.807) is 0 Å². The Labute approximate surface area is 248 Å². The minimum absolute atomic E-state index is 0.552. The first-order valence-corrected chi connectivity index (χ1v) is 22.1. The molecule has 39 heavy (non-hydrogen) atoms.